The molecule has 4 rings (SSSR count). The SMILES string of the molecule is COc1ccc(CN2CCN(CC(=O)N[C@H](C)c3ccc4c(c3)OCCO4)CC2)cc1. The zero-order valence-electron chi connectivity index (χ0n) is 18.3. The molecule has 0 aromatic heterocycles. The molecule has 1 amide bonds. The minimum absolute atomic E-state index is 0.0472. The predicted octanol–water partition coefficient (Wildman–Crippen LogP) is 2.46. The molecule has 0 bridgehead atoms. The van der Waals surface area contributed by atoms with Crippen molar-refractivity contribution in [1.29, 1.82) is 0 Å². The average Bonchev–Trinajstić information content (AvgIpc) is 2.80. The first-order valence-electron chi connectivity index (χ1n) is 10.9. The summed E-state index contributed by atoms with van der Waals surface area (Å²) >= 11 is 0. The zero-order valence-corrected chi connectivity index (χ0v) is 18.3. The van der Waals surface area contributed by atoms with Crippen molar-refractivity contribution in [2.45, 2.75) is 19.5 Å². The van der Waals surface area contributed by atoms with Crippen LogP contribution in [0.25, 0.3) is 0 Å². The third kappa shape index (κ3) is 5.68. The van der Waals surface area contributed by atoms with Crippen molar-refractivity contribution in [1.82, 2.24) is 15.1 Å². The van der Waals surface area contributed by atoms with Crippen LogP contribution < -0.4 is 19.5 Å². The van der Waals surface area contributed by atoms with Gasteiger partial charge in [0.05, 0.1) is 19.7 Å². The van der Waals surface area contributed by atoms with Crippen molar-refractivity contribution < 1.29 is 19.0 Å². The Labute approximate surface area is 183 Å². The number of ether oxygens (including phenoxy) is 3. The van der Waals surface area contributed by atoms with E-state index >= 15 is 0 Å². The lowest BCUT2D eigenvalue weighted by atomic mass is 10.1. The Morgan fingerprint density at radius 1 is 1.00 bits per heavy atom. The van der Waals surface area contributed by atoms with Gasteiger partial charge in [-0.25, -0.2) is 0 Å². The smallest absolute Gasteiger partial charge is 0.234 e. The van der Waals surface area contributed by atoms with Gasteiger partial charge in [-0.3, -0.25) is 14.6 Å². The summed E-state index contributed by atoms with van der Waals surface area (Å²) in [6.45, 7) is 8.16. The number of amides is 1. The van der Waals surface area contributed by atoms with Crippen LogP contribution in [0, 0.1) is 0 Å². The molecule has 2 heterocycles. The summed E-state index contributed by atoms with van der Waals surface area (Å²) in [6.07, 6.45) is 0. The van der Waals surface area contributed by atoms with Crippen LogP contribution in [-0.4, -0.2) is 68.8 Å². The summed E-state index contributed by atoms with van der Waals surface area (Å²) < 4.78 is 16.4. The number of hydrogen-bond acceptors (Lipinski definition) is 6. The Bertz CT molecular complexity index is 879. The molecule has 0 aliphatic carbocycles. The second-order valence-electron chi connectivity index (χ2n) is 8.09. The van der Waals surface area contributed by atoms with Crippen molar-refractivity contribution in [3.05, 3.63) is 53.6 Å². The minimum Gasteiger partial charge on any atom is -0.497 e. The Hall–Kier alpha value is -2.77. The lowest BCUT2D eigenvalue weighted by molar-refractivity contribution is -0.123. The van der Waals surface area contributed by atoms with E-state index in [4.69, 9.17) is 14.2 Å². The van der Waals surface area contributed by atoms with E-state index in [1.54, 1.807) is 7.11 Å². The lowest BCUT2D eigenvalue weighted by Gasteiger charge is -2.34. The monoisotopic (exact) mass is 425 g/mol. The maximum atomic E-state index is 12.6. The third-order valence-corrected chi connectivity index (χ3v) is 5.84. The highest BCUT2D eigenvalue weighted by Gasteiger charge is 2.21. The third-order valence-electron chi connectivity index (χ3n) is 5.84. The van der Waals surface area contributed by atoms with Crippen LogP contribution >= 0.6 is 0 Å². The number of carbonyl (C=O) groups is 1. The fraction of sp³-hybridized carbons (Fsp3) is 0.458. The van der Waals surface area contributed by atoms with Gasteiger partial charge < -0.3 is 19.5 Å². The molecule has 1 fully saturated rings. The number of fused-ring (bicyclic) bond motifs is 1. The summed E-state index contributed by atoms with van der Waals surface area (Å²) in [5, 5.41) is 3.11. The molecule has 0 saturated carbocycles. The van der Waals surface area contributed by atoms with Gasteiger partial charge in [0.25, 0.3) is 0 Å². The number of hydrogen-bond donors (Lipinski definition) is 1. The second-order valence-corrected chi connectivity index (χ2v) is 8.09. The maximum absolute atomic E-state index is 12.6. The summed E-state index contributed by atoms with van der Waals surface area (Å²) in [4.78, 5) is 17.2. The van der Waals surface area contributed by atoms with Crippen LogP contribution in [0.3, 0.4) is 0 Å². The molecular formula is C24H31N3O4. The number of nitrogens with one attached hydrogen (secondary N) is 1. The Kier molecular flexibility index (Phi) is 6.94. The van der Waals surface area contributed by atoms with E-state index in [1.807, 2.05) is 37.3 Å². The van der Waals surface area contributed by atoms with Gasteiger partial charge in [0.2, 0.25) is 5.91 Å². The van der Waals surface area contributed by atoms with Crippen molar-refractivity contribution in [3.63, 3.8) is 0 Å². The van der Waals surface area contributed by atoms with E-state index in [2.05, 4.69) is 27.2 Å². The predicted molar refractivity (Wildman–Crippen MR) is 119 cm³/mol. The summed E-state index contributed by atoms with van der Waals surface area (Å²) in [6, 6.07) is 14.0. The average molecular weight is 426 g/mol. The molecule has 31 heavy (non-hydrogen) atoms. The molecule has 1 atom stereocenters. The topological polar surface area (TPSA) is 63.3 Å². The molecule has 2 aromatic carbocycles. The molecule has 7 heteroatoms. The molecule has 7 nitrogen and oxygen atoms in total. The van der Waals surface area contributed by atoms with E-state index in [0.29, 0.717) is 19.8 Å². The maximum Gasteiger partial charge on any atom is 0.234 e. The van der Waals surface area contributed by atoms with Crippen LogP contribution in [0.4, 0.5) is 0 Å². The zero-order chi connectivity index (χ0) is 21.6. The van der Waals surface area contributed by atoms with E-state index < -0.39 is 0 Å². The van der Waals surface area contributed by atoms with Gasteiger partial charge in [0.15, 0.2) is 11.5 Å². The van der Waals surface area contributed by atoms with Gasteiger partial charge in [-0.1, -0.05) is 18.2 Å². The van der Waals surface area contributed by atoms with Crippen molar-refractivity contribution >= 4 is 5.91 Å². The normalized spacial score (nSPS) is 17.7. The Balaban J connectivity index is 1.21. The van der Waals surface area contributed by atoms with Gasteiger partial charge in [0.1, 0.15) is 19.0 Å². The standard InChI is InChI=1S/C24H31N3O4/c1-18(20-5-8-22-23(15-20)31-14-13-30-22)25-24(28)17-27-11-9-26(10-12-27)16-19-3-6-21(29-2)7-4-19/h3-8,15,18H,9-14,16-17H2,1-2H3,(H,25,28)/t18-/m1/s1. The highest BCUT2D eigenvalue weighted by molar-refractivity contribution is 5.78. The quantitative estimate of drug-likeness (QED) is 0.735. The summed E-state index contributed by atoms with van der Waals surface area (Å²) in [5.74, 6) is 2.44. The van der Waals surface area contributed by atoms with Gasteiger partial charge >= 0.3 is 0 Å². The van der Waals surface area contributed by atoms with Crippen LogP contribution in [0.1, 0.15) is 24.1 Å². The van der Waals surface area contributed by atoms with Gasteiger partial charge in [0, 0.05) is 32.7 Å². The van der Waals surface area contributed by atoms with Crippen LogP contribution in [-0.2, 0) is 11.3 Å². The number of piperazine rings is 1. The first-order chi connectivity index (χ1) is 15.1. The highest BCUT2D eigenvalue weighted by atomic mass is 16.6. The summed E-state index contributed by atoms with van der Waals surface area (Å²) in [5.41, 5.74) is 2.29. The summed E-state index contributed by atoms with van der Waals surface area (Å²) in [7, 11) is 1.68. The number of nitrogens with zero attached hydrogens (tertiary/aromatic N) is 2. The van der Waals surface area contributed by atoms with Crippen molar-refractivity contribution in [2.24, 2.45) is 0 Å². The van der Waals surface area contributed by atoms with E-state index in [0.717, 1.165) is 55.5 Å². The number of methoxy groups -OCH3 is 1. The van der Waals surface area contributed by atoms with Crippen molar-refractivity contribution in [3.8, 4) is 17.2 Å². The van der Waals surface area contributed by atoms with Gasteiger partial charge in [-0.15, -0.1) is 0 Å². The fourth-order valence-corrected chi connectivity index (χ4v) is 4.00. The minimum atomic E-state index is -0.0836. The number of carbonyl (C=O) groups excluding carboxylic acids is 1. The van der Waals surface area contributed by atoms with Gasteiger partial charge in [-0.05, 0) is 42.3 Å². The second kappa shape index (κ2) is 10.0. The van der Waals surface area contributed by atoms with Crippen LogP contribution in [0.5, 0.6) is 17.2 Å². The molecule has 1 saturated heterocycles. The van der Waals surface area contributed by atoms with Crippen LogP contribution in [0.15, 0.2) is 42.5 Å². The number of rotatable bonds is 7. The highest BCUT2D eigenvalue weighted by Crippen LogP contribution is 2.32. The first kappa shape index (κ1) is 21.5. The van der Waals surface area contributed by atoms with E-state index in [-0.39, 0.29) is 11.9 Å². The van der Waals surface area contributed by atoms with Crippen molar-refractivity contribution in [2.75, 3.05) is 53.0 Å². The molecule has 166 valence electrons. The van der Waals surface area contributed by atoms with Crippen LogP contribution in [0.2, 0.25) is 0 Å². The largest absolute Gasteiger partial charge is 0.497 e. The first-order valence-corrected chi connectivity index (χ1v) is 10.9. The lowest BCUT2D eigenvalue weighted by Crippen LogP contribution is -2.49. The molecule has 0 spiro atoms. The van der Waals surface area contributed by atoms with E-state index in [1.165, 1.54) is 5.56 Å². The molecular weight excluding hydrogens is 394 g/mol. The number of benzene rings is 2. The Morgan fingerprint density at radius 3 is 2.39 bits per heavy atom. The molecule has 1 N–H and O–H groups in total. The van der Waals surface area contributed by atoms with E-state index in [9.17, 15) is 4.79 Å². The molecule has 2 aliphatic rings. The molecule has 0 unspecified atom stereocenters. The fourth-order valence-electron chi connectivity index (χ4n) is 4.00. The molecule has 2 aliphatic heterocycles. The Morgan fingerprint density at radius 2 is 1.68 bits per heavy atom. The van der Waals surface area contributed by atoms with Gasteiger partial charge in [-0.2, -0.15) is 0 Å². The molecule has 2 aromatic rings. The molecule has 0 radical (unpaired) electrons.